The number of para-hydroxylation sites is 1. The number of benzene rings is 1. The lowest BCUT2D eigenvalue weighted by molar-refractivity contribution is 0.0927. The van der Waals surface area contributed by atoms with Crippen LogP contribution in [0.1, 0.15) is 24.3 Å². The van der Waals surface area contributed by atoms with E-state index in [1.54, 1.807) is 6.07 Å². The number of amides is 1. The van der Waals surface area contributed by atoms with Crippen LogP contribution in [0.15, 0.2) is 36.4 Å². The summed E-state index contributed by atoms with van der Waals surface area (Å²) in [5.74, 6) is 0.257. The quantitative estimate of drug-likeness (QED) is 0.877. The van der Waals surface area contributed by atoms with E-state index in [1.165, 1.54) is 0 Å². The molecule has 3 nitrogen and oxygen atoms in total. The number of aromatic nitrogens is 1. The van der Waals surface area contributed by atoms with Crippen molar-refractivity contribution in [3.63, 3.8) is 0 Å². The lowest BCUT2D eigenvalue weighted by atomic mass is 10.1. The van der Waals surface area contributed by atoms with Gasteiger partial charge in [-0.05, 0) is 18.1 Å². The van der Waals surface area contributed by atoms with Crippen LogP contribution in [0.5, 0.6) is 0 Å². The first-order chi connectivity index (χ1) is 9.11. The molecule has 2 aromatic rings. The molecule has 0 fully saturated rings. The van der Waals surface area contributed by atoms with E-state index in [0.29, 0.717) is 11.6 Å². The van der Waals surface area contributed by atoms with Gasteiger partial charge in [-0.2, -0.15) is 0 Å². The van der Waals surface area contributed by atoms with Crippen molar-refractivity contribution in [2.45, 2.75) is 19.9 Å². The van der Waals surface area contributed by atoms with Gasteiger partial charge < -0.3 is 5.32 Å². The molecule has 1 aromatic heterocycles. The molecule has 0 aliphatic carbocycles. The Kier molecular flexibility index (Phi) is 4.53. The maximum atomic E-state index is 12.2. The Labute approximate surface area is 121 Å². The smallest absolute Gasteiger partial charge is 0.270 e. The number of fused-ring (bicyclic) bond motifs is 1. The minimum atomic E-state index is -0.121. The predicted octanol–water partition coefficient (Wildman–Crippen LogP) is 3.38. The van der Waals surface area contributed by atoms with Gasteiger partial charge in [-0.25, -0.2) is 4.98 Å². The Hall–Kier alpha value is -1.42. The van der Waals surface area contributed by atoms with E-state index < -0.39 is 0 Å². The number of hydrogen-bond donors (Lipinski definition) is 1. The second-order valence-electron chi connectivity index (χ2n) is 4.87. The monoisotopic (exact) mass is 320 g/mol. The van der Waals surface area contributed by atoms with Gasteiger partial charge in [0.05, 0.1) is 5.52 Å². The highest BCUT2D eigenvalue weighted by atomic mass is 79.9. The van der Waals surface area contributed by atoms with Gasteiger partial charge in [0.15, 0.2) is 0 Å². The van der Waals surface area contributed by atoms with Crippen LogP contribution in [0.3, 0.4) is 0 Å². The van der Waals surface area contributed by atoms with E-state index >= 15 is 0 Å². The van der Waals surface area contributed by atoms with Crippen molar-refractivity contribution < 1.29 is 4.79 Å². The third kappa shape index (κ3) is 3.32. The van der Waals surface area contributed by atoms with Gasteiger partial charge in [-0.3, -0.25) is 4.79 Å². The third-order valence-corrected chi connectivity index (χ3v) is 3.82. The predicted molar refractivity (Wildman–Crippen MR) is 81.6 cm³/mol. The normalized spacial score (nSPS) is 12.6. The first-order valence-electron chi connectivity index (χ1n) is 6.34. The van der Waals surface area contributed by atoms with Crippen LogP contribution in [0.4, 0.5) is 0 Å². The number of pyridine rings is 1. The lowest BCUT2D eigenvalue weighted by Gasteiger charge is -2.19. The zero-order chi connectivity index (χ0) is 13.8. The second-order valence-corrected chi connectivity index (χ2v) is 5.51. The summed E-state index contributed by atoms with van der Waals surface area (Å²) in [6, 6.07) is 11.6. The average molecular weight is 321 g/mol. The Morgan fingerprint density at radius 3 is 2.68 bits per heavy atom. The third-order valence-electron chi connectivity index (χ3n) is 3.12. The van der Waals surface area contributed by atoms with Gasteiger partial charge in [-0.1, -0.05) is 54.0 Å². The molecule has 19 heavy (non-hydrogen) atoms. The van der Waals surface area contributed by atoms with Crippen LogP contribution in [-0.2, 0) is 0 Å². The fourth-order valence-electron chi connectivity index (χ4n) is 1.82. The molecule has 0 spiro atoms. The number of carbonyl (C=O) groups is 1. The summed E-state index contributed by atoms with van der Waals surface area (Å²) in [7, 11) is 0. The highest BCUT2D eigenvalue weighted by molar-refractivity contribution is 9.09. The molecular formula is C15H17BrN2O. The Balaban J connectivity index is 2.21. The topological polar surface area (TPSA) is 42.0 Å². The molecule has 1 unspecified atom stereocenters. The minimum Gasteiger partial charge on any atom is -0.347 e. The number of carbonyl (C=O) groups excluding carboxylic acids is 1. The molecule has 0 aliphatic heterocycles. The number of nitrogens with zero attached hydrogens (tertiary/aromatic N) is 1. The van der Waals surface area contributed by atoms with Gasteiger partial charge in [0.1, 0.15) is 5.69 Å². The number of halogens is 1. The summed E-state index contributed by atoms with van der Waals surface area (Å²) in [4.78, 5) is 16.6. The van der Waals surface area contributed by atoms with Crippen LogP contribution in [0.25, 0.3) is 10.9 Å². The van der Waals surface area contributed by atoms with E-state index in [0.717, 1.165) is 16.2 Å². The van der Waals surface area contributed by atoms with Crippen molar-refractivity contribution >= 4 is 32.7 Å². The first-order valence-corrected chi connectivity index (χ1v) is 7.46. The summed E-state index contributed by atoms with van der Waals surface area (Å²) in [5, 5.41) is 4.78. The summed E-state index contributed by atoms with van der Waals surface area (Å²) < 4.78 is 0. The van der Waals surface area contributed by atoms with Crippen molar-refractivity contribution in [3.05, 3.63) is 42.1 Å². The zero-order valence-corrected chi connectivity index (χ0v) is 12.6. The molecule has 2 rings (SSSR count). The van der Waals surface area contributed by atoms with Crippen molar-refractivity contribution in [2.75, 3.05) is 5.33 Å². The van der Waals surface area contributed by atoms with E-state index in [9.17, 15) is 4.79 Å². The van der Waals surface area contributed by atoms with Crippen LogP contribution >= 0.6 is 15.9 Å². The largest absolute Gasteiger partial charge is 0.347 e. The van der Waals surface area contributed by atoms with Crippen molar-refractivity contribution in [3.8, 4) is 0 Å². The molecule has 0 radical (unpaired) electrons. The molecule has 1 atom stereocenters. The summed E-state index contributed by atoms with van der Waals surface area (Å²) in [5.41, 5.74) is 1.31. The van der Waals surface area contributed by atoms with Crippen LogP contribution in [-0.4, -0.2) is 22.3 Å². The Bertz CT molecular complexity index is 583. The summed E-state index contributed by atoms with van der Waals surface area (Å²) >= 11 is 3.42. The molecule has 1 heterocycles. The standard InChI is InChI=1S/C15H17BrN2O/c1-10(2)14(9-16)18-15(19)13-8-7-11-5-3-4-6-12(11)17-13/h3-8,10,14H,9H2,1-2H3,(H,18,19). The molecule has 4 heteroatoms. The maximum absolute atomic E-state index is 12.2. The second kappa shape index (κ2) is 6.15. The molecule has 0 aliphatic rings. The van der Waals surface area contributed by atoms with Gasteiger partial charge in [0, 0.05) is 16.8 Å². The van der Waals surface area contributed by atoms with E-state index in [4.69, 9.17) is 0 Å². The van der Waals surface area contributed by atoms with E-state index in [2.05, 4.69) is 40.1 Å². The number of rotatable bonds is 4. The fourth-order valence-corrected chi connectivity index (χ4v) is 2.73. The van der Waals surface area contributed by atoms with Crippen LogP contribution in [0.2, 0.25) is 0 Å². The van der Waals surface area contributed by atoms with E-state index in [-0.39, 0.29) is 11.9 Å². The van der Waals surface area contributed by atoms with Gasteiger partial charge in [0.25, 0.3) is 5.91 Å². The number of nitrogens with one attached hydrogen (secondary N) is 1. The average Bonchev–Trinajstić information content (AvgIpc) is 2.43. The molecule has 0 saturated carbocycles. The molecule has 1 amide bonds. The number of alkyl halides is 1. The highest BCUT2D eigenvalue weighted by Crippen LogP contribution is 2.12. The summed E-state index contributed by atoms with van der Waals surface area (Å²) in [6.45, 7) is 4.17. The lowest BCUT2D eigenvalue weighted by Crippen LogP contribution is -2.40. The molecule has 1 N–H and O–H groups in total. The van der Waals surface area contributed by atoms with Gasteiger partial charge in [0.2, 0.25) is 0 Å². The van der Waals surface area contributed by atoms with Crippen LogP contribution in [0, 0.1) is 5.92 Å². The first kappa shape index (κ1) is 14.0. The van der Waals surface area contributed by atoms with Crippen LogP contribution < -0.4 is 5.32 Å². The Morgan fingerprint density at radius 2 is 2.00 bits per heavy atom. The summed E-state index contributed by atoms with van der Waals surface area (Å²) in [6.07, 6.45) is 0. The fraction of sp³-hybridized carbons (Fsp3) is 0.333. The Morgan fingerprint density at radius 1 is 1.26 bits per heavy atom. The maximum Gasteiger partial charge on any atom is 0.270 e. The zero-order valence-electron chi connectivity index (χ0n) is 11.1. The van der Waals surface area contributed by atoms with Crippen molar-refractivity contribution in [1.29, 1.82) is 0 Å². The van der Waals surface area contributed by atoms with Crippen molar-refractivity contribution in [2.24, 2.45) is 5.92 Å². The van der Waals surface area contributed by atoms with E-state index in [1.807, 2.05) is 30.3 Å². The SMILES string of the molecule is CC(C)C(CBr)NC(=O)c1ccc2ccccc2n1. The van der Waals surface area contributed by atoms with Crippen molar-refractivity contribution in [1.82, 2.24) is 10.3 Å². The van der Waals surface area contributed by atoms with Gasteiger partial charge >= 0.3 is 0 Å². The molecule has 0 bridgehead atoms. The highest BCUT2D eigenvalue weighted by Gasteiger charge is 2.16. The minimum absolute atomic E-state index is 0.112. The molecule has 100 valence electrons. The number of hydrogen-bond acceptors (Lipinski definition) is 2. The molecular weight excluding hydrogens is 304 g/mol. The molecule has 1 aromatic carbocycles. The molecule has 0 saturated heterocycles. The van der Waals surface area contributed by atoms with Gasteiger partial charge in [-0.15, -0.1) is 0 Å².